The maximum atomic E-state index is 4.02. The third kappa shape index (κ3) is 4.19. The number of likely N-dealkylation sites (tertiary alicyclic amines) is 1. The molecule has 2 nitrogen and oxygen atoms in total. The summed E-state index contributed by atoms with van der Waals surface area (Å²) in [6.07, 6.45) is 8.44. The second-order valence-electron chi connectivity index (χ2n) is 7.37. The summed E-state index contributed by atoms with van der Waals surface area (Å²) in [5.41, 5.74) is 0. The van der Waals surface area contributed by atoms with Crippen LogP contribution in [-0.2, 0) is 0 Å². The van der Waals surface area contributed by atoms with Gasteiger partial charge in [-0.25, -0.2) is 0 Å². The molecule has 1 aliphatic carbocycles. The maximum absolute atomic E-state index is 4.02. The summed E-state index contributed by atoms with van der Waals surface area (Å²) >= 11 is 0. The van der Waals surface area contributed by atoms with E-state index in [0.717, 1.165) is 30.0 Å². The van der Waals surface area contributed by atoms with E-state index in [1.54, 1.807) is 0 Å². The third-order valence-electron chi connectivity index (χ3n) is 5.39. The second-order valence-corrected chi connectivity index (χ2v) is 7.37. The molecule has 2 rings (SSSR count). The molecule has 2 fully saturated rings. The van der Waals surface area contributed by atoms with E-state index in [1.165, 1.54) is 51.6 Å². The van der Waals surface area contributed by atoms with E-state index in [-0.39, 0.29) is 0 Å². The molecule has 0 aromatic rings. The Morgan fingerprint density at radius 2 is 1.53 bits per heavy atom. The quantitative estimate of drug-likeness (QED) is 0.835. The Labute approximate surface area is 120 Å². The summed E-state index contributed by atoms with van der Waals surface area (Å²) in [7, 11) is 0. The minimum atomic E-state index is 0.721. The highest BCUT2D eigenvalue weighted by atomic mass is 15.2. The number of hydrogen-bond donors (Lipinski definition) is 1. The molecular weight excluding hydrogens is 232 g/mol. The van der Waals surface area contributed by atoms with E-state index in [4.69, 9.17) is 0 Å². The summed E-state index contributed by atoms with van der Waals surface area (Å²) < 4.78 is 0. The van der Waals surface area contributed by atoms with Gasteiger partial charge in [0.2, 0.25) is 0 Å². The highest BCUT2D eigenvalue weighted by molar-refractivity contribution is 4.87. The Kier molecular flexibility index (Phi) is 5.70. The number of piperidine rings is 1. The normalized spacial score (nSPS) is 31.3. The van der Waals surface area contributed by atoms with Gasteiger partial charge < -0.3 is 10.2 Å². The largest absolute Gasteiger partial charge is 0.311 e. The first-order chi connectivity index (χ1) is 9.08. The van der Waals surface area contributed by atoms with Gasteiger partial charge in [-0.1, -0.05) is 26.7 Å². The van der Waals surface area contributed by atoms with Crippen LogP contribution < -0.4 is 5.32 Å². The van der Waals surface area contributed by atoms with Crippen LogP contribution in [0.3, 0.4) is 0 Å². The molecule has 1 heterocycles. The molecule has 0 spiro atoms. The van der Waals surface area contributed by atoms with Crippen LogP contribution in [0.2, 0.25) is 0 Å². The van der Waals surface area contributed by atoms with E-state index < -0.39 is 0 Å². The molecule has 2 heteroatoms. The molecule has 1 saturated heterocycles. The van der Waals surface area contributed by atoms with Gasteiger partial charge >= 0.3 is 0 Å². The van der Waals surface area contributed by atoms with Crippen molar-refractivity contribution >= 4 is 0 Å². The molecule has 0 bridgehead atoms. The molecule has 2 aliphatic rings. The van der Waals surface area contributed by atoms with Crippen LogP contribution in [0.4, 0.5) is 0 Å². The lowest BCUT2D eigenvalue weighted by atomic mass is 9.77. The summed E-state index contributed by atoms with van der Waals surface area (Å²) in [6, 6.07) is 2.29. The first-order valence-corrected chi connectivity index (χ1v) is 8.58. The van der Waals surface area contributed by atoms with Crippen molar-refractivity contribution in [1.29, 1.82) is 0 Å². The predicted octanol–water partition coefficient (Wildman–Crippen LogP) is 3.66. The van der Waals surface area contributed by atoms with Crippen LogP contribution in [0.15, 0.2) is 0 Å². The maximum Gasteiger partial charge on any atom is 0.0100 e. The molecule has 2 atom stereocenters. The average Bonchev–Trinajstić information content (AvgIpc) is 2.39. The molecule has 19 heavy (non-hydrogen) atoms. The fraction of sp³-hybridized carbons (Fsp3) is 1.00. The van der Waals surface area contributed by atoms with Gasteiger partial charge in [-0.2, -0.15) is 0 Å². The zero-order valence-corrected chi connectivity index (χ0v) is 13.5. The van der Waals surface area contributed by atoms with Crippen molar-refractivity contribution in [2.75, 3.05) is 13.1 Å². The Morgan fingerprint density at radius 3 is 2.11 bits per heavy atom. The summed E-state index contributed by atoms with van der Waals surface area (Å²) in [5.74, 6) is 1.76. The van der Waals surface area contributed by atoms with Crippen LogP contribution in [0.25, 0.3) is 0 Å². The van der Waals surface area contributed by atoms with Crippen molar-refractivity contribution in [2.45, 2.75) is 84.3 Å². The number of nitrogens with one attached hydrogen (secondary N) is 1. The molecular formula is C17H34N2. The highest BCUT2D eigenvalue weighted by Gasteiger charge is 2.30. The van der Waals surface area contributed by atoms with E-state index >= 15 is 0 Å². The molecule has 0 radical (unpaired) electrons. The monoisotopic (exact) mass is 266 g/mol. The van der Waals surface area contributed by atoms with E-state index in [2.05, 4.69) is 37.9 Å². The second kappa shape index (κ2) is 7.08. The van der Waals surface area contributed by atoms with Gasteiger partial charge in [0.15, 0.2) is 0 Å². The van der Waals surface area contributed by atoms with Gasteiger partial charge in [0.1, 0.15) is 0 Å². The van der Waals surface area contributed by atoms with Crippen LogP contribution in [0.5, 0.6) is 0 Å². The first kappa shape index (κ1) is 15.3. The molecule has 0 aromatic heterocycles. The average molecular weight is 266 g/mol. The SMILES string of the molecule is CC(C)C1CCCCC1NC1CCN(C(C)C)CC1. The van der Waals surface area contributed by atoms with Crippen LogP contribution in [0.1, 0.15) is 66.2 Å². The van der Waals surface area contributed by atoms with Gasteiger partial charge in [-0.3, -0.25) is 0 Å². The Morgan fingerprint density at radius 1 is 0.895 bits per heavy atom. The van der Waals surface area contributed by atoms with Crippen molar-refractivity contribution < 1.29 is 0 Å². The summed E-state index contributed by atoms with van der Waals surface area (Å²) in [5, 5.41) is 4.02. The Hall–Kier alpha value is -0.0800. The van der Waals surface area contributed by atoms with Gasteiger partial charge in [0, 0.05) is 18.1 Å². The lowest BCUT2D eigenvalue weighted by Gasteiger charge is -2.41. The van der Waals surface area contributed by atoms with Gasteiger partial charge in [-0.15, -0.1) is 0 Å². The molecule has 2 unspecified atom stereocenters. The van der Waals surface area contributed by atoms with Gasteiger partial charge in [0.25, 0.3) is 0 Å². The Bertz CT molecular complexity index is 254. The fourth-order valence-corrected chi connectivity index (χ4v) is 4.05. The number of nitrogens with zero attached hydrogens (tertiary/aromatic N) is 1. The lowest BCUT2D eigenvalue weighted by Crippen LogP contribution is -2.51. The molecule has 0 amide bonds. The predicted molar refractivity (Wildman–Crippen MR) is 83.5 cm³/mol. The minimum Gasteiger partial charge on any atom is -0.311 e. The number of hydrogen-bond acceptors (Lipinski definition) is 2. The third-order valence-corrected chi connectivity index (χ3v) is 5.39. The summed E-state index contributed by atoms with van der Waals surface area (Å²) in [6.45, 7) is 12.0. The molecule has 1 aliphatic heterocycles. The van der Waals surface area contributed by atoms with Crippen LogP contribution in [0, 0.1) is 11.8 Å². The first-order valence-electron chi connectivity index (χ1n) is 8.58. The van der Waals surface area contributed by atoms with Crippen molar-refractivity contribution in [3.63, 3.8) is 0 Å². The van der Waals surface area contributed by atoms with Crippen molar-refractivity contribution in [1.82, 2.24) is 10.2 Å². The Balaban J connectivity index is 1.80. The zero-order chi connectivity index (χ0) is 13.8. The minimum absolute atomic E-state index is 0.721. The molecule has 1 N–H and O–H groups in total. The van der Waals surface area contributed by atoms with Crippen molar-refractivity contribution in [2.24, 2.45) is 11.8 Å². The molecule has 0 aromatic carbocycles. The van der Waals surface area contributed by atoms with Gasteiger partial charge in [0.05, 0.1) is 0 Å². The molecule has 1 saturated carbocycles. The smallest absolute Gasteiger partial charge is 0.0100 e. The van der Waals surface area contributed by atoms with Crippen LogP contribution in [-0.4, -0.2) is 36.1 Å². The van der Waals surface area contributed by atoms with E-state index in [1.807, 2.05) is 0 Å². The van der Waals surface area contributed by atoms with E-state index in [9.17, 15) is 0 Å². The lowest BCUT2D eigenvalue weighted by molar-refractivity contribution is 0.132. The van der Waals surface area contributed by atoms with Crippen molar-refractivity contribution in [3.8, 4) is 0 Å². The van der Waals surface area contributed by atoms with E-state index in [0.29, 0.717) is 0 Å². The zero-order valence-electron chi connectivity index (χ0n) is 13.5. The topological polar surface area (TPSA) is 15.3 Å². The standard InChI is InChI=1S/C17H34N2/c1-13(2)16-7-5-6-8-17(16)18-15-9-11-19(12-10-15)14(3)4/h13-18H,5-12H2,1-4H3. The fourth-order valence-electron chi connectivity index (χ4n) is 4.05. The summed E-state index contributed by atoms with van der Waals surface area (Å²) in [4.78, 5) is 2.62. The van der Waals surface area contributed by atoms with Crippen molar-refractivity contribution in [3.05, 3.63) is 0 Å². The number of rotatable bonds is 4. The van der Waals surface area contributed by atoms with Gasteiger partial charge in [-0.05, 0) is 64.5 Å². The molecule has 112 valence electrons. The van der Waals surface area contributed by atoms with Crippen LogP contribution >= 0.6 is 0 Å². The highest BCUT2D eigenvalue weighted by Crippen LogP contribution is 2.31.